The van der Waals surface area contributed by atoms with Crippen LogP contribution in [0.2, 0.25) is 0 Å². The first kappa shape index (κ1) is 14.1. The smallest absolute Gasteiger partial charge is 0.0285 e. The number of hydrogen-bond donors (Lipinski definition) is 0. The maximum absolute atomic E-state index is 2.60. The maximum atomic E-state index is 2.60. The summed E-state index contributed by atoms with van der Waals surface area (Å²) in [6.07, 6.45) is 8.56. The van der Waals surface area contributed by atoms with E-state index in [4.69, 9.17) is 0 Å². The van der Waals surface area contributed by atoms with Gasteiger partial charge in [-0.2, -0.15) is 0 Å². The topological polar surface area (TPSA) is 3.24 Å². The molecule has 0 saturated heterocycles. The Hall–Kier alpha value is -1.86. The molecule has 21 heavy (non-hydrogen) atoms. The Morgan fingerprint density at radius 1 is 0.810 bits per heavy atom. The summed E-state index contributed by atoms with van der Waals surface area (Å²) in [6.45, 7) is 2.04. The van der Waals surface area contributed by atoms with Crippen LogP contribution in [0, 0.1) is 0 Å². The standard InChI is InChI=1S/C20H23N/c1-4-10-18(11-5-1)16-21(20-14-8-3-9-15-20)17-19-12-6-2-7-13-19/h1-2,4-8,10-14,20H,3,9,15-17H2. The van der Waals surface area contributed by atoms with Crippen molar-refractivity contribution in [2.45, 2.75) is 38.4 Å². The number of rotatable bonds is 5. The zero-order chi connectivity index (χ0) is 14.3. The molecule has 0 heterocycles. The van der Waals surface area contributed by atoms with Crippen LogP contribution in [0.5, 0.6) is 0 Å². The summed E-state index contributed by atoms with van der Waals surface area (Å²) in [7, 11) is 0. The zero-order valence-electron chi connectivity index (χ0n) is 12.5. The number of allylic oxidation sites excluding steroid dienone is 1. The van der Waals surface area contributed by atoms with E-state index >= 15 is 0 Å². The monoisotopic (exact) mass is 277 g/mol. The van der Waals surface area contributed by atoms with Crippen LogP contribution in [0.3, 0.4) is 0 Å². The van der Waals surface area contributed by atoms with Gasteiger partial charge in [0.15, 0.2) is 0 Å². The van der Waals surface area contributed by atoms with Crippen molar-refractivity contribution in [2.75, 3.05) is 0 Å². The molecule has 0 radical (unpaired) electrons. The predicted octanol–water partition coefficient (Wildman–Crippen LogP) is 4.80. The average Bonchev–Trinajstić information content (AvgIpc) is 2.57. The van der Waals surface area contributed by atoms with E-state index in [-0.39, 0.29) is 0 Å². The minimum Gasteiger partial charge on any atom is -0.288 e. The molecule has 0 aliphatic heterocycles. The summed E-state index contributed by atoms with van der Waals surface area (Å²) < 4.78 is 0. The second kappa shape index (κ2) is 7.24. The van der Waals surface area contributed by atoms with Crippen LogP contribution in [0.4, 0.5) is 0 Å². The Morgan fingerprint density at radius 2 is 1.38 bits per heavy atom. The SMILES string of the molecule is C1=CC(N(Cc2ccccc2)Cc2ccccc2)CCC1. The average molecular weight is 277 g/mol. The van der Waals surface area contributed by atoms with E-state index in [1.165, 1.54) is 30.4 Å². The third-order valence-corrected chi connectivity index (χ3v) is 4.15. The van der Waals surface area contributed by atoms with E-state index in [1.54, 1.807) is 0 Å². The van der Waals surface area contributed by atoms with Crippen LogP contribution in [0.1, 0.15) is 30.4 Å². The van der Waals surface area contributed by atoms with Crippen molar-refractivity contribution in [1.29, 1.82) is 0 Å². The van der Waals surface area contributed by atoms with Gasteiger partial charge in [0.25, 0.3) is 0 Å². The molecule has 0 saturated carbocycles. The molecule has 2 aromatic carbocycles. The number of nitrogens with zero attached hydrogens (tertiary/aromatic N) is 1. The molecule has 0 fully saturated rings. The van der Waals surface area contributed by atoms with Crippen LogP contribution in [-0.4, -0.2) is 10.9 Å². The second-order valence-corrected chi connectivity index (χ2v) is 5.80. The van der Waals surface area contributed by atoms with E-state index < -0.39 is 0 Å². The van der Waals surface area contributed by atoms with Crippen LogP contribution >= 0.6 is 0 Å². The molecule has 2 aromatic rings. The van der Waals surface area contributed by atoms with Gasteiger partial charge in [0.05, 0.1) is 0 Å². The first-order valence-electron chi connectivity index (χ1n) is 7.90. The van der Waals surface area contributed by atoms with Gasteiger partial charge in [0.2, 0.25) is 0 Å². The van der Waals surface area contributed by atoms with Gasteiger partial charge in [0.1, 0.15) is 0 Å². The molecule has 1 nitrogen and oxygen atoms in total. The van der Waals surface area contributed by atoms with E-state index in [1.807, 2.05) is 0 Å². The molecule has 3 rings (SSSR count). The first-order valence-corrected chi connectivity index (χ1v) is 7.90. The van der Waals surface area contributed by atoms with E-state index in [0.717, 1.165) is 13.1 Å². The van der Waals surface area contributed by atoms with Gasteiger partial charge in [-0.05, 0) is 30.4 Å². The van der Waals surface area contributed by atoms with Crippen molar-refractivity contribution < 1.29 is 0 Å². The van der Waals surface area contributed by atoms with Crippen LogP contribution in [-0.2, 0) is 13.1 Å². The highest BCUT2D eigenvalue weighted by Crippen LogP contribution is 2.21. The highest BCUT2D eigenvalue weighted by Gasteiger charge is 2.18. The van der Waals surface area contributed by atoms with Crippen molar-refractivity contribution >= 4 is 0 Å². The van der Waals surface area contributed by atoms with Crippen molar-refractivity contribution in [1.82, 2.24) is 4.90 Å². The van der Waals surface area contributed by atoms with Crippen LogP contribution in [0.15, 0.2) is 72.8 Å². The largest absolute Gasteiger partial charge is 0.288 e. The highest BCUT2D eigenvalue weighted by atomic mass is 15.1. The molecule has 1 unspecified atom stereocenters. The molecule has 1 aliphatic carbocycles. The molecule has 0 bridgehead atoms. The van der Waals surface area contributed by atoms with Crippen molar-refractivity contribution in [3.63, 3.8) is 0 Å². The fraction of sp³-hybridized carbons (Fsp3) is 0.300. The number of hydrogen-bond acceptors (Lipinski definition) is 1. The summed E-state index contributed by atoms with van der Waals surface area (Å²) >= 11 is 0. The van der Waals surface area contributed by atoms with Crippen LogP contribution < -0.4 is 0 Å². The lowest BCUT2D eigenvalue weighted by molar-refractivity contribution is 0.196. The summed E-state index contributed by atoms with van der Waals surface area (Å²) in [4.78, 5) is 2.60. The lowest BCUT2D eigenvalue weighted by atomic mass is 10.00. The lowest BCUT2D eigenvalue weighted by Crippen LogP contribution is -2.33. The molecule has 0 amide bonds. The third-order valence-electron chi connectivity index (χ3n) is 4.15. The van der Waals surface area contributed by atoms with Crippen molar-refractivity contribution in [2.24, 2.45) is 0 Å². The summed E-state index contributed by atoms with van der Waals surface area (Å²) in [5, 5.41) is 0. The Balaban J connectivity index is 1.77. The van der Waals surface area contributed by atoms with Crippen molar-refractivity contribution in [3.05, 3.63) is 83.9 Å². The number of benzene rings is 2. The summed E-state index contributed by atoms with van der Waals surface area (Å²) in [5.74, 6) is 0. The minimum absolute atomic E-state index is 0.569. The van der Waals surface area contributed by atoms with Gasteiger partial charge in [-0.3, -0.25) is 4.90 Å². The highest BCUT2D eigenvalue weighted by molar-refractivity contribution is 5.18. The molecule has 0 N–H and O–H groups in total. The Morgan fingerprint density at radius 3 is 1.86 bits per heavy atom. The molecular weight excluding hydrogens is 254 g/mol. The Kier molecular flexibility index (Phi) is 4.86. The predicted molar refractivity (Wildman–Crippen MR) is 88.9 cm³/mol. The Bertz CT molecular complexity index is 517. The fourth-order valence-corrected chi connectivity index (χ4v) is 3.02. The molecular formula is C20H23N. The van der Waals surface area contributed by atoms with Gasteiger partial charge >= 0.3 is 0 Å². The maximum Gasteiger partial charge on any atom is 0.0285 e. The first-order chi connectivity index (χ1) is 10.4. The quantitative estimate of drug-likeness (QED) is 0.710. The van der Waals surface area contributed by atoms with Crippen LogP contribution in [0.25, 0.3) is 0 Å². The molecule has 1 atom stereocenters. The van der Waals surface area contributed by atoms with Gasteiger partial charge in [-0.25, -0.2) is 0 Å². The normalized spacial score (nSPS) is 18.0. The second-order valence-electron chi connectivity index (χ2n) is 5.80. The van der Waals surface area contributed by atoms with E-state index in [2.05, 4.69) is 77.7 Å². The van der Waals surface area contributed by atoms with Crippen molar-refractivity contribution in [3.8, 4) is 0 Å². The van der Waals surface area contributed by atoms with Gasteiger partial charge < -0.3 is 0 Å². The zero-order valence-corrected chi connectivity index (χ0v) is 12.5. The minimum atomic E-state index is 0.569. The summed E-state index contributed by atoms with van der Waals surface area (Å²) in [5.41, 5.74) is 2.79. The Labute approximate surface area is 127 Å². The molecule has 1 heteroatoms. The van der Waals surface area contributed by atoms with E-state index in [0.29, 0.717) is 6.04 Å². The van der Waals surface area contributed by atoms with Gasteiger partial charge in [-0.1, -0.05) is 72.8 Å². The van der Waals surface area contributed by atoms with Gasteiger partial charge in [-0.15, -0.1) is 0 Å². The molecule has 0 spiro atoms. The van der Waals surface area contributed by atoms with Gasteiger partial charge in [0, 0.05) is 19.1 Å². The molecule has 108 valence electrons. The van der Waals surface area contributed by atoms with E-state index in [9.17, 15) is 0 Å². The summed E-state index contributed by atoms with van der Waals surface area (Å²) in [6, 6.07) is 22.2. The fourth-order valence-electron chi connectivity index (χ4n) is 3.02. The lowest BCUT2D eigenvalue weighted by Gasteiger charge is -2.31. The molecule has 0 aromatic heterocycles. The third kappa shape index (κ3) is 4.05. The molecule has 1 aliphatic rings.